The van der Waals surface area contributed by atoms with Crippen molar-refractivity contribution in [1.82, 2.24) is 20.1 Å². The van der Waals surface area contributed by atoms with Crippen molar-refractivity contribution < 1.29 is 18.0 Å². The van der Waals surface area contributed by atoms with Gasteiger partial charge in [-0.3, -0.25) is 9.48 Å². The second-order valence-electron chi connectivity index (χ2n) is 9.18. The van der Waals surface area contributed by atoms with Crippen LogP contribution in [0.2, 0.25) is 0 Å². The molecule has 1 aliphatic carbocycles. The zero-order valence-corrected chi connectivity index (χ0v) is 18.9. The maximum Gasteiger partial charge on any atom is 0.223 e. The van der Waals surface area contributed by atoms with E-state index in [-0.39, 0.29) is 35.1 Å². The smallest absolute Gasteiger partial charge is 0.223 e. The van der Waals surface area contributed by atoms with E-state index in [9.17, 15) is 18.0 Å². The molecule has 2 N–H and O–H groups in total. The van der Waals surface area contributed by atoms with Gasteiger partial charge in [-0.2, -0.15) is 5.10 Å². The highest BCUT2D eigenvalue weighted by Crippen LogP contribution is 2.41. The van der Waals surface area contributed by atoms with Crippen LogP contribution < -0.4 is 5.32 Å². The minimum absolute atomic E-state index is 0.0100. The van der Waals surface area contributed by atoms with Crippen molar-refractivity contribution in [1.29, 1.82) is 0 Å². The summed E-state index contributed by atoms with van der Waals surface area (Å²) < 4.78 is 43.7. The number of rotatable bonds is 6. The molecule has 4 aromatic rings. The lowest BCUT2D eigenvalue weighted by molar-refractivity contribution is -0.129. The fraction of sp³-hybridized carbons (Fsp3) is 0.308. The number of aryl methyl sites for hydroxylation is 1. The molecule has 2 heterocycles. The maximum atomic E-state index is 14.5. The quantitative estimate of drug-likeness (QED) is 0.398. The number of hydrogen-bond acceptors (Lipinski definition) is 2. The largest absolute Gasteiger partial charge is 0.352 e. The maximum absolute atomic E-state index is 14.5. The molecule has 0 bridgehead atoms. The molecule has 2 aromatic carbocycles. The minimum atomic E-state index is -0.668. The third-order valence-electron chi connectivity index (χ3n) is 6.70. The monoisotopic (exact) mass is 466 g/mol. The summed E-state index contributed by atoms with van der Waals surface area (Å²) in [5, 5.41) is 7.83. The Balaban J connectivity index is 1.33. The second kappa shape index (κ2) is 8.66. The van der Waals surface area contributed by atoms with Crippen LogP contribution in [0.15, 0.2) is 48.7 Å². The number of halogens is 3. The van der Waals surface area contributed by atoms with Crippen LogP contribution in [-0.4, -0.2) is 20.7 Å². The Morgan fingerprint density at radius 3 is 2.56 bits per heavy atom. The summed E-state index contributed by atoms with van der Waals surface area (Å²) >= 11 is 0. The van der Waals surface area contributed by atoms with Gasteiger partial charge in [-0.1, -0.05) is 0 Å². The molecule has 5 nitrogen and oxygen atoms in total. The molecule has 2 aromatic heterocycles. The molecule has 0 aliphatic heterocycles. The number of H-pyrrole nitrogens is 1. The van der Waals surface area contributed by atoms with E-state index < -0.39 is 11.6 Å². The van der Waals surface area contributed by atoms with E-state index in [1.165, 1.54) is 18.2 Å². The van der Waals surface area contributed by atoms with Gasteiger partial charge in [0.15, 0.2) is 0 Å². The van der Waals surface area contributed by atoms with Crippen molar-refractivity contribution in [3.63, 3.8) is 0 Å². The first-order valence-corrected chi connectivity index (χ1v) is 11.3. The summed E-state index contributed by atoms with van der Waals surface area (Å²) in [6.07, 6.45) is 3.78. The first-order valence-electron chi connectivity index (χ1n) is 11.3. The second-order valence-corrected chi connectivity index (χ2v) is 9.18. The fourth-order valence-corrected chi connectivity index (χ4v) is 4.82. The molecule has 8 heteroatoms. The molecule has 1 aliphatic rings. The highest BCUT2D eigenvalue weighted by atomic mass is 19.1. The Kier molecular flexibility index (Phi) is 5.67. The van der Waals surface area contributed by atoms with Gasteiger partial charge in [-0.25, -0.2) is 13.2 Å². The van der Waals surface area contributed by atoms with Crippen LogP contribution in [-0.2, 0) is 18.3 Å². The molecule has 5 rings (SSSR count). The summed E-state index contributed by atoms with van der Waals surface area (Å²) in [7, 11) is 1.83. The summed E-state index contributed by atoms with van der Waals surface area (Å²) in [6, 6.07) is 9.79. The summed E-state index contributed by atoms with van der Waals surface area (Å²) in [5.41, 5.74) is 3.17. The van der Waals surface area contributed by atoms with Crippen molar-refractivity contribution in [2.24, 2.45) is 18.9 Å². The predicted molar refractivity (Wildman–Crippen MR) is 123 cm³/mol. The van der Waals surface area contributed by atoms with Gasteiger partial charge >= 0.3 is 0 Å². The number of aromatic amines is 1. The molecule has 1 fully saturated rings. The minimum Gasteiger partial charge on any atom is -0.352 e. The van der Waals surface area contributed by atoms with Gasteiger partial charge in [0.25, 0.3) is 0 Å². The molecular formula is C26H25F3N4O. The number of carbonyl (C=O) groups excluding carboxylic acids is 1. The SMILES string of the molecule is CC(NC(=O)C1CC(Cc2c(-c3ccc(F)cc3)[nH]c3c(F)cc(F)cc23)C1)c1ccn(C)n1. The van der Waals surface area contributed by atoms with Crippen LogP contribution in [0.25, 0.3) is 22.2 Å². The normalized spacial score (nSPS) is 18.6. The van der Waals surface area contributed by atoms with Crippen molar-refractivity contribution >= 4 is 16.8 Å². The van der Waals surface area contributed by atoms with E-state index in [0.29, 0.717) is 35.9 Å². The molecule has 0 spiro atoms. The summed E-state index contributed by atoms with van der Waals surface area (Å²) in [5.74, 6) is -1.60. The van der Waals surface area contributed by atoms with Crippen LogP contribution in [0.1, 0.15) is 37.1 Å². The number of amides is 1. The van der Waals surface area contributed by atoms with Crippen LogP contribution >= 0.6 is 0 Å². The standard InChI is InChI=1S/C26H25F3N4O/c1-14(23-7-8-33(2)32-23)30-26(34)17-9-15(10-17)11-20-21-12-19(28)13-22(29)25(21)31-24(20)16-3-5-18(27)6-4-16/h3-8,12-15,17,31H,9-11H2,1-2H3,(H,30,34). The topological polar surface area (TPSA) is 62.7 Å². The van der Waals surface area contributed by atoms with E-state index in [2.05, 4.69) is 15.4 Å². The van der Waals surface area contributed by atoms with Crippen molar-refractivity contribution in [3.8, 4) is 11.3 Å². The average Bonchev–Trinajstić information content (AvgIpc) is 3.35. The molecule has 1 unspecified atom stereocenters. The van der Waals surface area contributed by atoms with Crippen molar-refractivity contribution in [3.05, 3.63) is 77.4 Å². The first kappa shape index (κ1) is 22.3. The summed E-state index contributed by atoms with van der Waals surface area (Å²) in [4.78, 5) is 15.8. The molecule has 34 heavy (non-hydrogen) atoms. The predicted octanol–water partition coefficient (Wildman–Crippen LogP) is 5.43. The Bertz CT molecular complexity index is 1350. The van der Waals surface area contributed by atoms with E-state index in [1.54, 1.807) is 16.8 Å². The first-order chi connectivity index (χ1) is 16.3. The van der Waals surface area contributed by atoms with Gasteiger partial charge in [-0.05, 0) is 79.6 Å². The Labute approximate surface area is 195 Å². The lowest BCUT2D eigenvalue weighted by Gasteiger charge is -2.35. The third-order valence-corrected chi connectivity index (χ3v) is 6.70. The number of aromatic nitrogens is 3. The van der Waals surface area contributed by atoms with Crippen molar-refractivity contribution in [2.75, 3.05) is 0 Å². The lowest BCUT2D eigenvalue weighted by Crippen LogP contribution is -2.40. The van der Waals surface area contributed by atoms with Crippen LogP contribution in [0.3, 0.4) is 0 Å². The Morgan fingerprint density at radius 1 is 1.15 bits per heavy atom. The molecule has 1 atom stereocenters. The van der Waals surface area contributed by atoms with Crippen molar-refractivity contribution in [2.45, 2.75) is 32.2 Å². The summed E-state index contributed by atoms with van der Waals surface area (Å²) in [6.45, 7) is 1.90. The Morgan fingerprint density at radius 2 is 1.88 bits per heavy atom. The molecular weight excluding hydrogens is 441 g/mol. The van der Waals surface area contributed by atoms with E-state index >= 15 is 0 Å². The van der Waals surface area contributed by atoms with Crippen LogP contribution in [0, 0.1) is 29.3 Å². The van der Waals surface area contributed by atoms with Gasteiger partial charge in [0.2, 0.25) is 5.91 Å². The number of hydrogen-bond donors (Lipinski definition) is 2. The Hall–Kier alpha value is -3.55. The van der Waals surface area contributed by atoms with Gasteiger partial charge in [0, 0.05) is 36.3 Å². The van der Waals surface area contributed by atoms with E-state index in [1.807, 2.05) is 26.2 Å². The lowest BCUT2D eigenvalue weighted by atomic mass is 9.71. The zero-order valence-electron chi connectivity index (χ0n) is 18.9. The van der Waals surface area contributed by atoms with Gasteiger partial charge in [-0.15, -0.1) is 0 Å². The highest BCUT2D eigenvalue weighted by molar-refractivity contribution is 5.91. The van der Waals surface area contributed by atoms with Crippen LogP contribution in [0.4, 0.5) is 13.2 Å². The molecule has 1 amide bonds. The average molecular weight is 467 g/mol. The number of nitrogens with zero attached hydrogens (tertiary/aromatic N) is 2. The van der Waals surface area contributed by atoms with Gasteiger partial charge < -0.3 is 10.3 Å². The van der Waals surface area contributed by atoms with E-state index in [4.69, 9.17) is 0 Å². The van der Waals surface area contributed by atoms with Gasteiger partial charge in [0.1, 0.15) is 17.5 Å². The molecule has 0 saturated heterocycles. The van der Waals surface area contributed by atoms with E-state index in [0.717, 1.165) is 17.3 Å². The number of carbonyl (C=O) groups is 1. The zero-order chi connectivity index (χ0) is 24.0. The number of benzene rings is 2. The highest BCUT2D eigenvalue weighted by Gasteiger charge is 2.36. The fourth-order valence-electron chi connectivity index (χ4n) is 4.82. The molecule has 1 saturated carbocycles. The molecule has 0 radical (unpaired) electrons. The van der Waals surface area contributed by atoms with Gasteiger partial charge in [0.05, 0.1) is 17.3 Å². The van der Waals surface area contributed by atoms with Crippen LogP contribution in [0.5, 0.6) is 0 Å². The molecule has 176 valence electrons. The third kappa shape index (κ3) is 4.20. The number of fused-ring (bicyclic) bond motifs is 1. The number of nitrogens with one attached hydrogen (secondary N) is 2.